The highest BCUT2D eigenvalue weighted by molar-refractivity contribution is 5.60. The molecule has 184 valence electrons. The molecule has 2 saturated heterocycles. The van der Waals surface area contributed by atoms with E-state index < -0.39 is 11.4 Å². The third kappa shape index (κ3) is 5.13. The largest absolute Gasteiger partial charge is 0.475 e. The number of hydrogen-bond acceptors (Lipinski definition) is 7. The molecule has 1 aromatic heterocycles. The number of nitrogens with one attached hydrogen (secondary N) is 1. The zero-order valence-electron chi connectivity index (χ0n) is 20.0. The van der Waals surface area contributed by atoms with E-state index in [-0.39, 0.29) is 5.88 Å². The first kappa shape index (κ1) is 23.3. The number of fused-ring (bicyclic) bond motifs is 2. The molecule has 8 heteroatoms. The molecule has 3 fully saturated rings. The number of ether oxygens (including phenoxy) is 2. The van der Waals surface area contributed by atoms with Gasteiger partial charge in [-0.25, -0.2) is 4.98 Å². The van der Waals surface area contributed by atoms with Crippen LogP contribution in [0.2, 0.25) is 0 Å². The predicted octanol–water partition coefficient (Wildman–Crippen LogP) is 4.68. The van der Waals surface area contributed by atoms with Crippen molar-refractivity contribution in [2.75, 3.05) is 30.0 Å². The number of morpholine rings is 1. The molecule has 2 unspecified atom stereocenters. The van der Waals surface area contributed by atoms with Gasteiger partial charge in [-0.3, -0.25) is 0 Å². The summed E-state index contributed by atoms with van der Waals surface area (Å²) in [4.78, 5) is 10.8. The van der Waals surface area contributed by atoms with Gasteiger partial charge in [0, 0.05) is 11.4 Å². The van der Waals surface area contributed by atoms with E-state index in [2.05, 4.69) is 32.3 Å². The number of benzene rings is 1. The summed E-state index contributed by atoms with van der Waals surface area (Å²) >= 11 is 0. The van der Waals surface area contributed by atoms with E-state index in [9.17, 15) is 9.50 Å². The van der Waals surface area contributed by atoms with Crippen molar-refractivity contribution in [3.8, 4) is 5.88 Å². The van der Waals surface area contributed by atoms with Crippen LogP contribution in [0.4, 0.5) is 21.7 Å². The average molecular weight is 471 g/mol. The van der Waals surface area contributed by atoms with E-state index in [4.69, 9.17) is 9.47 Å². The lowest BCUT2D eigenvalue weighted by Crippen LogP contribution is -2.45. The van der Waals surface area contributed by atoms with Gasteiger partial charge in [-0.15, -0.1) is 0 Å². The zero-order valence-corrected chi connectivity index (χ0v) is 20.0. The Hall–Kier alpha value is -2.45. The predicted molar refractivity (Wildman–Crippen MR) is 129 cm³/mol. The van der Waals surface area contributed by atoms with Crippen LogP contribution in [0.15, 0.2) is 30.5 Å². The average Bonchev–Trinajstić information content (AvgIpc) is 3.07. The third-order valence-corrected chi connectivity index (χ3v) is 7.68. The summed E-state index contributed by atoms with van der Waals surface area (Å²) in [5.74, 6) is 0.367. The second-order valence-corrected chi connectivity index (χ2v) is 10.5. The smallest absolute Gasteiger partial charge is 0.255 e. The maximum absolute atomic E-state index is 14.3. The normalized spacial score (nSPS) is 27.0. The van der Waals surface area contributed by atoms with E-state index in [1.54, 1.807) is 0 Å². The monoisotopic (exact) mass is 470 g/mol. The van der Waals surface area contributed by atoms with Crippen LogP contribution in [0.1, 0.15) is 52.4 Å². The molecule has 2 aromatic rings. The highest BCUT2D eigenvalue weighted by atomic mass is 19.1. The lowest BCUT2D eigenvalue weighted by Gasteiger charge is -2.36. The minimum absolute atomic E-state index is 0.0244. The minimum Gasteiger partial charge on any atom is -0.475 e. The quantitative estimate of drug-likeness (QED) is 0.608. The van der Waals surface area contributed by atoms with E-state index in [0.717, 1.165) is 50.8 Å². The fourth-order valence-electron chi connectivity index (χ4n) is 5.64. The van der Waals surface area contributed by atoms with Crippen LogP contribution in [0, 0.1) is 17.7 Å². The van der Waals surface area contributed by atoms with Crippen molar-refractivity contribution >= 4 is 17.3 Å². The topological polar surface area (TPSA) is 79.7 Å². The zero-order chi connectivity index (χ0) is 23.7. The molecule has 2 N–H and O–H groups in total. The molecule has 0 spiro atoms. The molecule has 3 heterocycles. The summed E-state index contributed by atoms with van der Waals surface area (Å²) in [5, 5.41) is 13.4. The molecule has 5 rings (SSSR count). The van der Waals surface area contributed by atoms with Crippen molar-refractivity contribution in [3.63, 3.8) is 0 Å². The minimum atomic E-state index is -0.648. The Bertz CT molecular complexity index is 957. The SMILES string of the molecule is CC(C)(O)[C@H]1CC[C@H](COc2nc(Nc3ccc(N4C5CCC4COC5)cc3)ncc2F)CC1. The van der Waals surface area contributed by atoms with Gasteiger partial charge in [0.25, 0.3) is 5.88 Å². The van der Waals surface area contributed by atoms with Crippen LogP contribution < -0.4 is 15.0 Å². The van der Waals surface area contributed by atoms with Gasteiger partial charge >= 0.3 is 0 Å². The molecule has 1 aromatic carbocycles. The fraction of sp³-hybridized carbons (Fsp3) is 0.615. The molecule has 0 radical (unpaired) electrons. The summed E-state index contributed by atoms with van der Waals surface area (Å²) in [6, 6.07) is 9.12. The second kappa shape index (κ2) is 9.66. The van der Waals surface area contributed by atoms with Crippen molar-refractivity contribution < 1.29 is 19.0 Å². The highest BCUT2D eigenvalue weighted by Gasteiger charge is 2.37. The standard InChI is InChI=1S/C26H35FN4O3/c1-26(2,32)18-5-3-17(4-6-18)14-34-24-23(27)13-28-25(30-24)29-19-7-9-20(10-8-19)31-21-11-12-22(31)16-33-15-21/h7-10,13,17-18,21-22,32H,3-6,11-12,14-16H2,1-2H3,(H,28,29,30)/t17-,18-,21?,22?. The maximum atomic E-state index is 14.3. The lowest BCUT2D eigenvalue weighted by molar-refractivity contribution is -0.00922. The van der Waals surface area contributed by atoms with Crippen LogP contribution in [0.5, 0.6) is 5.88 Å². The van der Waals surface area contributed by atoms with Crippen LogP contribution in [-0.2, 0) is 4.74 Å². The van der Waals surface area contributed by atoms with Crippen molar-refractivity contribution in [1.82, 2.24) is 9.97 Å². The number of hydrogen-bond donors (Lipinski definition) is 2. The van der Waals surface area contributed by atoms with E-state index in [0.29, 0.717) is 36.5 Å². The summed E-state index contributed by atoms with van der Waals surface area (Å²) in [7, 11) is 0. The van der Waals surface area contributed by atoms with Crippen LogP contribution in [-0.4, -0.2) is 52.6 Å². The molecule has 34 heavy (non-hydrogen) atoms. The van der Waals surface area contributed by atoms with Gasteiger partial charge in [0.05, 0.1) is 43.7 Å². The highest BCUT2D eigenvalue weighted by Crippen LogP contribution is 2.36. The van der Waals surface area contributed by atoms with Crippen LogP contribution in [0.3, 0.4) is 0 Å². The van der Waals surface area contributed by atoms with Crippen molar-refractivity contribution in [2.45, 2.75) is 70.1 Å². The van der Waals surface area contributed by atoms with Gasteiger partial charge in [-0.05, 0) is 88.5 Å². The molecule has 2 aliphatic heterocycles. The van der Waals surface area contributed by atoms with E-state index in [1.165, 1.54) is 18.5 Å². The summed E-state index contributed by atoms with van der Waals surface area (Å²) in [6.07, 6.45) is 7.34. The molecule has 3 aliphatic rings. The Morgan fingerprint density at radius 1 is 1.09 bits per heavy atom. The lowest BCUT2D eigenvalue weighted by atomic mass is 9.75. The molecule has 2 atom stereocenters. The molecule has 1 saturated carbocycles. The van der Waals surface area contributed by atoms with Crippen LogP contribution in [0.25, 0.3) is 0 Å². The molecular formula is C26H35FN4O3. The molecule has 1 aliphatic carbocycles. The third-order valence-electron chi connectivity index (χ3n) is 7.68. The number of rotatable bonds is 7. The van der Waals surface area contributed by atoms with Crippen molar-refractivity contribution in [1.29, 1.82) is 0 Å². The Labute approximate surface area is 200 Å². The molecular weight excluding hydrogens is 435 g/mol. The summed E-state index contributed by atoms with van der Waals surface area (Å²) in [6.45, 7) is 5.76. The number of halogens is 1. The maximum Gasteiger partial charge on any atom is 0.255 e. The summed E-state index contributed by atoms with van der Waals surface area (Å²) in [5.41, 5.74) is 1.39. The Balaban J connectivity index is 1.17. The van der Waals surface area contributed by atoms with Gasteiger partial charge in [-0.1, -0.05) is 0 Å². The Kier molecular flexibility index (Phi) is 6.62. The van der Waals surface area contributed by atoms with Gasteiger partial charge < -0.3 is 24.8 Å². The van der Waals surface area contributed by atoms with Crippen LogP contribution >= 0.6 is 0 Å². The number of nitrogens with zero attached hydrogens (tertiary/aromatic N) is 3. The van der Waals surface area contributed by atoms with Crippen molar-refractivity contribution in [3.05, 3.63) is 36.3 Å². The Morgan fingerprint density at radius 3 is 2.41 bits per heavy atom. The summed E-state index contributed by atoms with van der Waals surface area (Å²) < 4.78 is 25.7. The fourth-order valence-corrected chi connectivity index (χ4v) is 5.64. The van der Waals surface area contributed by atoms with Gasteiger partial charge in [0.2, 0.25) is 11.8 Å². The van der Waals surface area contributed by atoms with Gasteiger partial charge in [-0.2, -0.15) is 9.37 Å². The van der Waals surface area contributed by atoms with Gasteiger partial charge in [0.1, 0.15) is 0 Å². The van der Waals surface area contributed by atoms with E-state index in [1.807, 2.05) is 26.0 Å². The molecule has 0 amide bonds. The Morgan fingerprint density at radius 2 is 1.76 bits per heavy atom. The molecule has 2 bridgehead atoms. The first-order chi connectivity index (χ1) is 16.4. The number of anilines is 3. The first-order valence-electron chi connectivity index (χ1n) is 12.5. The van der Waals surface area contributed by atoms with Gasteiger partial charge in [0.15, 0.2) is 0 Å². The van der Waals surface area contributed by atoms with E-state index >= 15 is 0 Å². The molecule has 7 nitrogen and oxygen atoms in total. The van der Waals surface area contributed by atoms with Crippen molar-refractivity contribution in [2.24, 2.45) is 11.8 Å². The number of aromatic nitrogens is 2. The first-order valence-corrected chi connectivity index (χ1v) is 12.5. The second-order valence-electron chi connectivity index (χ2n) is 10.5. The number of aliphatic hydroxyl groups is 1.